The van der Waals surface area contributed by atoms with Gasteiger partial charge in [0.15, 0.2) is 0 Å². The number of nitrogens with zero attached hydrogens (tertiary/aromatic N) is 2. The molecule has 1 atom stereocenters. The minimum atomic E-state index is -0.466. The van der Waals surface area contributed by atoms with Gasteiger partial charge in [0, 0.05) is 31.1 Å². The van der Waals surface area contributed by atoms with E-state index in [1.807, 2.05) is 16.7 Å². The lowest BCUT2D eigenvalue weighted by atomic mass is 10.2. The van der Waals surface area contributed by atoms with E-state index in [0.717, 1.165) is 24.6 Å². The fourth-order valence-electron chi connectivity index (χ4n) is 2.58. The number of halogens is 1. The van der Waals surface area contributed by atoms with E-state index < -0.39 is 6.09 Å². The molecule has 5 nitrogen and oxygen atoms in total. The number of carbonyl (C=O) groups is 1. The zero-order valence-corrected chi connectivity index (χ0v) is 12.4. The monoisotopic (exact) mass is 311 g/mol. The van der Waals surface area contributed by atoms with Crippen LogP contribution in [0.1, 0.15) is 0 Å². The summed E-state index contributed by atoms with van der Waals surface area (Å²) in [6, 6.07) is 4.90. The number of hydrogen-bond acceptors (Lipinski definition) is 5. The summed E-state index contributed by atoms with van der Waals surface area (Å²) in [6.07, 6.45) is -0.786. The summed E-state index contributed by atoms with van der Waals surface area (Å²) in [5.74, 6) is 1.72. The van der Waals surface area contributed by atoms with Crippen molar-refractivity contribution in [1.82, 2.24) is 0 Å². The summed E-state index contributed by atoms with van der Waals surface area (Å²) < 4.78 is 19.4. The molecule has 3 rings (SSSR count). The van der Waals surface area contributed by atoms with Crippen molar-refractivity contribution in [1.29, 1.82) is 0 Å². The first-order valence-electron chi connectivity index (χ1n) is 6.99. The Morgan fingerprint density at radius 3 is 2.76 bits per heavy atom. The minimum Gasteiger partial charge on any atom is -0.443 e. The van der Waals surface area contributed by atoms with E-state index in [-0.39, 0.29) is 18.5 Å². The fourth-order valence-corrected chi connectivity index (χ4v) is 3.48. The minimum absolute atomic E-state index is 0.272. The molecule has 114 valence electrons. The Kier molecular flexibility index (Phi) is 4.21. The summed E-state index contributed by atoms with van der Waals surface area (Å²) in [4.78, 5) is 15.2. The number of hydrogen-bond donors (Lipinski definition) is 1. The lowest BCUT2D eigenvalue weighted by Gasteiger charge is -2.29. The summed E-state index contributed by atoms with van der Waals surface area (Å²) in [5.41, 5.74) is 6.62. The second-order valence-corrected chi connectivity index (χ2v) is 6.31. The highest BCUT2D eigenvalue weighted by atomic mass is 32.2. The molecule has 1 aromatic carbocycles. The summed E-state index contributed by atoms with van der Waals surface area (Å²) in [5, 5.41) is 0. The molecule has 2 aliphatic rings. The van der Waals surface area contributed by atoms with Gasteiger partial charge < -0.3 is 15.4 Å². The third kappa shape index (κ3) is 2.94. The van der Waals surface area contributed by atoms with Crippen LogP contribution in [0.5, 0.6) is 0 Å². The number of rotatable bonds is 3. The number of carbonyl (C=O) groups excluding carboxylic acids is 1. The molecule has 2 fully saturated rings. The molecule has 0 radical (unpaired) electrons. The maximum atomic E-state index is 14.3. The maximum Gasteiger partial charge on any atom is 0.414 e. The fraction of sp³-hybridized carbons (Fsp3) is 0.500. The molecule has 1 aromatic rings. The molecule has 0 saturated carbocycles. The quantitative estimate of drug-likeness (QED) is 0.920. The molecule has 0 aromatic heterocycles. The highest BCUT2D eigenvalue weighted by Crippen LogP contribution is 2.29. The second kappa shape index (κ2) is 6.11. The average Bonchev–Trinajstić information content (AvgIpc) is 2.89. The van der Waals surface area contributed by atoms with Crippen molar-refractivity contribution in [2.24, 2.45) is 5.73 Å². The Hall–Kier alpha value is -1.47. The van der Waals surface area contributed by atoms with Gasteiger partial charge in [-0.1, -0.05) is 0 Å². The molecule has 0 bridgehead atoms. The average molecular weight is 311 g/mol. The van der Waals surface area contributed by atoms with E-state index in [1.165, 1.54) is 11.0 Å². The lowest BCUT2D eigenvalue weighted by molar-refractivity contribution is 0.145. The zero-order chi connectivity index (χ0) is 14.8. The van der Waals surface area contributed by atoms with Gasteiger partial charge in [-0.3, -0.25) is 4.90 Å². The van der Waals surface area contributed by atoms with Crippen LogP contribution in [0.15, 0.2) is 18.2 Å². The number of benzene rings is 1. The molecule has 0 spiro atoms. The number of nitrogens with two attached hydrogens (primary N) is 1. The van der Waals surface area contributed by atoms with Gasteiger partial charge >= 0.3 is 6.09 Å². The molecule has 2 saturated heterocycles. The summed E-state index contributed by atoms with van der Waals surface area (Å²) in [6.45, 7) is 2.34. The molecular formula is C14H18FN3O2S. The van der Waals surface area contributed by atoms with Crippen LogP contribution in [0, 0.1) is 5.82 Å². The smallest absolute Gasteiger partial charge is 0.414 e. The lowest BCUT2D eigenvalue weighted by Crippen LogP contribution is -2.33. The SMILES string of the molecule is NCC1CN(c2ccc(N3CCSCC3)c(F)c2)C(=O)O1. The van der Waals surface area contributed by atoms with Gasteiger partial charge in [0.05, 0.1) is 17.9 Å². The van der Waals surface area contributed by atoms with Crippen molar-refractivity contribution in [2.75, 3.05) is 47.5 Å². The van der Waals surface area contributed by atoms with Crippen LogP contribution < -0.4 is 15.5 Å². The van der Waals surface area contributed by atoms with Crippen molar-refractivity contribution >= 4 is 29.2 Å². The van der Waals surface area contributed by atoms with Gasteiger partial charge in [-0.15, -0.1) is 0 Å². The Labute approximate surface area is 127 Å². The van der Waals surface area contributed by atoms with Crippen LogP contribution in [0.4, 0.5) is 20.6 Å². The molecule has 2 N–H and O–H groups in total. The number of anilines is 2. The maximum absolute atomic E-state index is 14.3. The van der Waals surface area contributed by atoms with Crippen LogP contribution >= 0.6 is 11.8 Å². The topological polar surface area (TPSA) is 58.8 Å². The van der Waals surface area contributed by atoms with Crippen molar-refractivity contribution in [3.63, 3.8) is 0 Å². The van der Waals surface area contributed by atoms with E-state index in [1.54, 1.807) is 12.1 Å². The highest BCUT2D eigenvalue weighted by molar-refractivity contribution is 7.99. The van der Waals surface area contributed by atoms with Crippen LogP contribution in [-0.2, 0) is 4.74 Å². The number of ether oxygens (including phenoxy) is 1. The number of amides is 1. The Balaban J connectivity index is 1.79. The van der Waals surface area contributed by atoms with Gasteiger partial charge in [-0.2, -0.15) is 11.8 Å². The first kappa shape index (κ1) is 14.5. The van der Waals surface area contributed by atoms with Gasteiger partial charge in [-0.25, -0.2) is 9.18 Å². The number of thioether (sulfide) groups is 1. The van der Waals surface area contributed by atoms with Crippen molar-refractivity contribution in [3.05, 3.63) is 24.0 Å². The second-order valence-electron chi connectivity index (χ2n) is 5.09. The normalized spacial score (nSPS) is 22.6. The predicted octanol–water partition coefficient (Wildman–Crippen LogP) is 1.66. The standard InChI is InChI=1S/C14H18FN3O2S/c15-12-7-10(18-9-11(8-16)20-14(18)19)1-2-13(12)17-3-5-21-6-4-17/h1-2,7,11H,3-6,8-9,16H2. The largest absolute Gasteiger partial charge is 0.443 e. The van der Waals surface area contributed by atoms with Crippen molar-refractivity contribution < 1.29 is 13.9 Å². The van der Waals surface area contributed by atoms with E-state index >= 15 is 0 Å². The van der Waals surface area contributed by atoms with Crippen LogP contribution in [-0.4, -0.2) is 49.9 Å². The Morgan fingerprint density at radius 2 is 2.14 bits per heavy atom. The molecular weight excluding hydrogens is 293 g/mol. The molecule has 0 aliphatic carbocycles. The molecule has 21 heavy (non-hydrogen) atoms. The van der Waals surface area contributed by atoms with Crippen LogP contribution in [0.2, 0.25) is 0 Å². The summed E-state index contributed by atoms with van der Waals surface area (Å²) >= 11 is 1.88. The van der Waals surface area contributed by atoms with Crippen LogP contribution in [0.3, 0.4) is 0 Å². The van der Waals surface area contributed by atoms with Gasteiger partial charge in [0.2, 0.25) is 0 Å². The van der Waals surface area contributed by atoms with E-state index in [0.29, 0.717) is 17.9 Å². The highest BCUT2D eigenvalue weighted by Gasteiger charge is 2.32. The van der Waals surface area contributed by atoms with E-state index in [4.69, 9.17) is 10.5 Å². The zero-order valence-electron chi connectivity index (χ0n) is 11.6. The van der Waals surface area contributed by atoms with Gasteiger partial charge in [0.25, 0.3) is 0 Å². The first-order chi connectivity index (χ1) is 10.2. The van der Waals surface area contributed by atoms with Crippen molar-refractivity contribution in [3.8, 4) is 0 Å². The van der Waals surface area contributed by atoms with Gasteiger partial charge in [-0.05, 0) is 18.2 Å². The van der Waals surface area contributed by atoms with Crippen LogP contribution in [0.25, 0.3) is 0 Å². The third-order valence-corrected chi connectivity index (χ3v) is 4.67. The molecule has 7 heteroatoms. The predicted molar refractivity (Wildman–Crippen MR) is 82.6 cm³/mol. The third-order valence-electron chi connectivity index (χ3n) is 3.73. The van der Waals surface area contributed by atoms with E-state index in [2.05, 4.69) is 0 Å². The summed E-state index contributed by atoms with van der Waals surface area (Å²) in [7, 11) is 0. The van der Waals surface area contributed by atoms with Gasteiger partial charge in [0.1, 0.15) is 11.9 Å². The van der Waals surface area contributed by atoms with Crippen molar-refractivity contribution in [2.45, 2.75) is 6.10 Å². The van der Waals surface area contributed by atoms with E-state index in [9.17, 15) is 9.18 Å². The Morgan fingerprint density at radius 1 is 1.38 bits per heavy atom. The Bertz CT molecular complexity index is 537. The molecule has 2 heterocycles. The molecule has 1 unspecified atom stereocenters. The molecule has 1 amide bonds. The number of cyclic esters (lactones) is 1. The molecule has 2 aliphatic heterocycles. The first-order valence-corrected chi connectivity index (χ1v) is 8.15.